The smallest absolute Gasteiger partial charge is 0.274 e. The van der Waals surface area contributed by atoms with Gasteiger partial charge in [-0.25, -0.2) is 8.42 Å². The third-order valence-electron chi connectivity index (χ3n) is 4.02. The highest BCUT2D eigenvalue weighted by atomic mass is 32.2. The second-order valence-corrected chi connectivity index (χ2v) is 8.74. The van der Waals surface area contributed by atoms with Gasteiger partial charge in [0, 0.05) is 0 Å². The largest absolute Gasteiger partial charge is 0.497 e. The molecule has 0 aliphatic heterocycles. The molecule has 148 valence electrons. The van der Waals surface area contributed by atoms with Crippen LogP contribution in [-0.2, 0) is 10.0 Å². The number of nitrogens with zero attached hydrogens (tertiary/aromatic N) is 1. The number of para-hydroxylation sites is 2. The molecule has 0 spiro atoms. The molecule has 0 bridgehead atoms. The Morgan fingerprint density at radius 1 is 0.893 bits per heavy atom. The van der Waals surface area contributed by atoms with Crippen molar-refractivity contribution in [1.82, 2.24) is 0 Å². The average Bonchev–Trinajstić information content (AvgIpc) is 3.27. The van der Waals surface area contributed by atoms with Crippen LogP contribution in [0.4, 0.5) is 5.69 Å². The van der Waals surface area contributed by atoms with E-state index in [-0.39, 0.29) is 17.4 Å². The van der Waals surface area contributed by atoms with Crippen molar-refractivity contribution in [3.63, 3.8) is 0 Å². The molecule has 2 aromatic carbocycles. The number of thiophene rings is 1. The van der Waals surface area contributed by atoms with Gasteiger partial charge >= 0.3 is 0 Å². The minimum Gasteiger partial charge on any atom is -0.497 e. The molecule has 0 radical (unpaired) electrons. The summed E-state index contributed by atoms with van der Waals surface area (Å²) in [5, 5.41) is 1.74. The summed E-state index contributed by atoms with van der Waals surface area (Å²) in [6, 6.07) is 17.5. The second-order valence-electron chi connectivity index (χ2n) is 5.71. The van der Waals surface area contributed by atoms with Crippen LogP contribution in [0.3, 0.4) is 0 Å². The SMILES string of the molecule is COc1ccc(OCCN(c2ccccc2OC)S(=O)(=O)c2cccs2)cc1. The van der Waals surface area contributed by atoms with Crippen molar-refractivity contribution in [2.75, 3.05) is 31.7 Å². The Kier molecular flexibility index (Phi) is 6.43. The molecule has 0 aliphatic rings. The van der Waals surface area contributed by atoms with Crippen LogP contribution in [0.15, 0.2) is 70.3 Å². The first-order valence-electron chi connectivity index (χ1n) is 8.52. The predicted molar refractivity (Wildman–Crippen MR) is 110 cm³/mol. The topological polar surface area (TPSA) is 65.1 Å². The molecular weight excluding hydrogens is 398 g/mol. The van der Waals surface area contributed by atoms with Gasteiger partial charge in [-0.2, -0.15) is 0 Å². The molecule has 28 heavy (non-hydrogen) atoms. The van der Waals surface area contributed by atoms with Crippen molar-refractivity contribution in [2.45, 2.75) is 4.21 Å². The summed E-state index contributed by atoms with van der Waals surface area (Å²) >= 11 is 1.18. The van der Waals surface area contributed by atoms with Crippen LogP contribution in [0.1, 0.15) is 0 Å². The molecule has 0 unspecified atom stereocenters. The van der Waals surface area contributed by atoms with Crippen molar-refractivity contribution in [3.8, 4) is 17.2 Å². The summed E-state index contributed by atoms with van der Waals surface area (Å²) in [5.41, 5.74) is 0.469. The Morgan fingerprint density at radius 2 is 1.61 bits per heavy atom. The number of ether oxygens (including phenoxy) is 3. The lowest BCUT2D eigenvalue weighted by atomic mass is 10.3. The van der Waals surface area contributed by atoms with Crippen LogP contribution in [0.25, 0.3) is 0 Å². The zero-order chi connectivity index (χ0) is 20.0. The fraction of sp³-hybridized carbons (Fsp3) is 0.200. The molecule has 0 amide bonds. The summed E-state index contributed by atoms with van der Waals surface area (Å²) in [5.74, 6) is 1.84. The summed E-state index contributed by atoms with van der Waals surface area (Å²) in [6.45, 7) is 0.307. The Balaban J connectivity index is 1.84. The molecule has 0 fully saturated rings. The highest BCUT2D eigenvalue weighted by Gasteiger charge is 2.28. The van der Waals surface area contributed by atoms with Gasteiger partial charge in [-0.3, -0.25) is 4.31 Å². The first-order valence-corrected chi connectivity index (χ1v) is 10.8. The Bertz CT molecular complexity index is 986. The molecule has 0 saturated heterocycles. The minimum absolute atomic E-state index is 0.132. The van der Waals surface area contributed by atoms with Crippen molar-refractivity contribution < 1.29 is 22.6 Å². The second kappa shape index (κ2) is 8.99. The van der Waals surface area contributed by atoms with Gasteiger partial charge in [0.25, 0.3) is 10.0 Å². The van der Waals surface area contributed by atoms with Gasteiger partial charge in [0.05, 0.1) is 26.5 Å². The molecule has 1 heterocycles. The monoisotopic (exact) mass is 419 g/mol. The molecule has 3 aromatic rings. The lowest BCUT2D eigenvalue weighted by Crippen LogP contribution is -2.34. The number of hydrogen-bond acceptors (Lipinski definition) is 6. The molecular formula is C20H21NO5S2. The fourth-order valence-electron chi connectivity index (χ4n) is 2.64. The molecule has 1 aromatic heterocycles. The number of anilines is 1. The van der Waals surface area contributed by atoms with Crippen molar-refractivity contribution in [2.24, 2.45) is 0 Å². The maximum atomic E-state index is 13.2. The predicted octanol–water partition coefficient (Wildman–Crippen LogP) is 4.04. The zero-order valence-corrected chi connectivity index (χ0v) is 17.2. The van der Waals surface area contributed by atoms with Gasteiger partial charge in [0.15, 0.2) is 0 Å². The quantitative estimate of drug-likeness (QED) is 0.524. The number of rotatable bonds is 9. The molecule has 0 aliphatic carbocycles. The minimum atomic E-state index is -3.74. The number of sulfonamides is 1. The molecule has 0 atom stereocenters. The van der Waals surface area contributed by atoms with E-state index in [4.69, 9.17) is 14.2 Å². The van der Waals surface area contributed by atoms with Gasteiger partial charge in [0.2, 0.25) is 0 Å². The van der Waals surface area contributed by atoms with E-state index >= 15 is 0 Å². The lowest BCUT2D eigenvalue weighted by molar-refractivity contribution is 0.327. The van der Waals surface area contributed by atoms with Crippen LogP contribution >= 0.6 is 11.3 Å². The van der Waals surface area contributed by atoms with E-state index in [0.29, 0.717) is 17.2 Å². The first kappa shape index (κ1) is 20.0. The Hall–Kier alpha value is -2.71. The van der Waals surface area contributed by atoms with E-state index in [2.05, 4.69) is 0 Å². The van der Waals surface area contributed by atoms with Crippen molar-refractivity contribution in [1.29, 1.82) is 0 Å². The van der Waals surface area contributed by atoms with Gasteiger partial charge < -0.3 is 14.2 Å². The van der Waals surface area contributed by atoms with Crippen molar-refractivity contribution in [3.05, 3.63) is 66.0 Å². The molecule has 6 nitrogen and oxygen atoms in total. The van der Waals surface area contributed by atoms with E-state index in [1.54, 1.807) is 73.2 Å². The molecule has 3 rings (SSSR count). The highest BCUT2D eigenvalue weighted by molar-refractivity contribution is 7.94. The summed E-state index contributed by atoms with van der Waals surface area (Å²) < 4.78 is 44.2. The van der Waals surface area contributed by atoms with Gasteiger partial charge in [-0.1, -0.05) is 18.2 Å². The summed E-state index contributed by atoms with van der Waals surface area (Å²) in [4.78, 5) is 0. The summed E-state index contributed by atoms with van der Waals surface area (Å²) in [7, 11) is -0.626. The number of methoxy groups -OCH3 is 2. The van der Waals surface area contributed by atoms with Crippen LogP contribution in [0.2, 0.25) is 0 Å². The maximum Gasteiger partial charge on any atom is 0.274 e. The first-order chi connectivity index (χ1) is 13.6. The van der Waals surface area contributed by atoms with E-state index < -0.39 is 10.0 Å². The van der Waals surface area contributed by atoms with Crippen LogP contribution in [0.5, 0.6) is 17.2 Å². The average molecular weight is 420 g/mol. The highest BCUT2D eigenvalue weighted by Crippen LogP contribution is 2.33. The van der Waals surface area contributed by atoms with Gasteiger partial charge in [0.1, 0.15) is 28.1 Å². The third-order valence-corrected chi connectivity index (χ3v) is 7.20. The molecule has 0 saturated carbocycles. The van der Waals surface area contributed by atoms with Gasteiger partial charge in [-0.15, -0.1) is 11.3 Å². The van der Waals surface area contributed by atoms with E-state index in [1.165, 1.54) is 22.8 Å². The maximum absolute atomic E-state index is 13.2. The Morgan fingerprint density at radius 3 is 2.25 bits per heavy atom. The fourth-order valence-corrected chi connectivity index (χ4v) is 5.21. The molecule has 8 heteroatoms. The van der Waals surface area contributed by atoms with Crippen LogP contribution in [0, 0.1) is 0 Å². The normalized spacial score (nSPS) is 11.1. The summed E-state index contributed by atoms with van der Waals surface area (Å²) in [6.07, 6.45) is 0. The van der Waals surface area contributed by atoms with Crippen LogP contribution in [-0.4, -0.2) is 35.8 Å². The van der Waals surface area contributed by atoms with E-state index in [1.807, 2.05) is 0 Å². The number of hydrogen-bond donors (Lipinski definition) is 0. The van der Waals surface area contributed by atoms with Gasteiger partial charge in [-0.05, 0) is 47.8 Å². The number of benzene rings is 2. The lowest BCUT2D eigenvalue weighted by Gasteiger charge is -2.25. The zero-order valence-electron chi connectivity index (χ0n) is 15.6. The standard InChI is InChI=1S/C20H21NO5S2/c1-24-16-9-11-17(12-10-16)26-14-13-21(18-6-3-4-7-19(18)25-2)28(22,23)20-8-5-15-27-20/h3-12,15H,13-14H2,1-2H3. The van der Waals surface area contributed by atoms with Crippen molar-refractivity contribution >= 4 is 27.0 Å². The van der Waals surface area contributed by atoms with Crippen LogP contribution < -0.4 is 18.5 Å². The molecule has 0 N–H and O–H groups in total. The third kappa shape index (κ3) is 4.40. The van der Waals surface area contributed by atoms with E-state index in [9.17, 15) is 8.42 Å². The Labute approximate surface area is 169 Å². The van der Waals surface area contributed by atoms with E-state index in [0.717, 1.165) is 5.75 Å².